The van der Waals surface area contributed by atoms with Crippen LogP contribution in [0.2, 0.25) is 0 Å². The SMILES string of the molecule is COC(C)(C)CCN1CC(C)OC(CN)C1. The predicted molar refractivity (Wildman–Crippen MR) is 65.5 cm³/mol. The van der Waals surface area contributed by atoms with Crippen LogP contribution >= 0.6 is 0 Å². The first-order valence-corrected chi connectivity index (χ1v) is 6.10. The molecule has 2 unspecified atom stereocenters. The van der Waals surface area contributed by atoms with Crippen LogP contribution in [0.5, 0.6) is 0 Å². The fourth-order valence-electron chi connectivity index (χ4n) is 1.98. The summed E-state index contributed by atoms with van der Waals surface area (Å²) in [5, 5.41) is 0. The van der Waals surface area contributed by atoms with Gasteiger partial charge in [-0.05, 0) is 27.2 Å². The average Bonchev–Trinajstić information content (AvgIpc) is 2.26. The van der Waals surface area contributed by atoms with Crippen LogP contribution in [0, 0.1) is 0 Å². The minimum atomic E-state index is -0.0419. The van der Waals surface area contributed by atoms with Crippen LogP contribution in [0.1, 0.15) is 27.2 Å². The number of rotatable bonds is 5. The monoisotopic (exact) mass is 230 g/mol. The molecule has 0 aromatic rings. The van der Waals surface area contributed by atoms with E-state index in [0.717, 1.165) is 26.1 Å². The maximum absolute atomic E-state index is 5.73. The van der Waals surface area contributed by atoms with Gasteiger partial charge in [-0.3, -0.25) is 4.90 Å². The van der Waals surface area contributed by atoms with E-state index in [1.54, 1.807) is 7.11 Å². The number of hydrogen-bond acceptors (Lipinski definition) is 4. The van der Waals surface area contributed by atoms with E-state index >= 15 is 0 Å². The number of ether oxygens (including phenoxy) is 2. The highest BCUT2D eigenvalue weighted by molar-refractivity contribution is 4.78. The van der Waals surface area contributed by atoms with Crippen molar-refractivity contribution in [3.05, 3.63) is 0 Å². The lowest BCUT2D eigenvalue weighted by molar-refractivity contribution is -0.0788. The minimum Gasteiger partial charge on any atom is -0.379 e. The van der Waals surface area contributed by atoms with Gasteiger partial charge in [-0.15, -0.1) is 0 Å². The van der Waals surface area contributed by atoms with Gasteiger partial charge in [0.2, 0.25) is 0 Å². The Morgan fingerprint density at radius 1 is 1.44 bits per heavy atom. The molecular weight excluding hydrogens is 204 g/mol. The molecule has 0 aliphatic carbocycles. The largest absolute Gasteiger partial charge is 0.379 e. The van der Waals surface area contributed by atoms with Crippen LogP contribution in [0.15, 0.2) is 0 Å². The molecule has 1 heterocycles. The summed E-state index contributed by atoms with van der Waals surface area (Å²) in [6.45, 7) is 9.95. The summed E-state index contributed by atoms with van der Waals surface area (Å²) in [4.78, 5) is 2.42. The molecule has 0 amide bonds. The van der Waals surface area contributed by atoms with Gasteiger partial charge in [0, 0.05) is 33.3 Å². The molecule has 2 atom stereocenters. The maximum Gasteiger partial charge on any atom is 0.0828 e. The number of hydrogen-bond donors (Lipinski definition) is 1. The van der Waals surface area contributed by atoms with Crippen molar-refractivity contribution in [2.75, 3.05) is 33.3 Å². The zero-order valence-corrected chi connectivity index (χ0v) is 11.0. The standard InChI is InChI=1S/C12H26N2O2/c1-10-8-14(9-11(7-13)16-10)6-5-12(2,3)15-4/h10-11H,5-9,13H2,1-4H3. The summed E-state index contributed by atoms with van der Waals surface area (Å²) in [5.74, 6) is 0. The van der Waals surface area contributed by atoms with Crippen LogP contribution in [0.3, 0.4) is 0 Å². The van der Waals surface area contributed by atoms with Crippen molar-refractivity contribution in [3.63, 3.8) is 0 Å². The molecule has 2 N–H and O–H groups in total. The quantitative estimate of drug-likeness (QED) is 0.760. The molecule has 0 spiro atoms. The fourth-order valence-corrected chi connectivity index (χ4v) is 1.98. The average molecular weight is 230 g/mol. The molecule has 96 valence electrons. The fraction of sp³-hybridized carbons (Fsp3) is 1.00. The van der Waals surface area contributed by atoms with Gasteiger partial charge >= 0.3 is 0 Å². The second-order valence-electron chi connectivity index (χ2n) is 5.28. The Morgan fingerprint density at radius 3 is 2.69 bits per heavy atom. The molecule has 16 heavy (non-hydrogen) atoms. The summed E-state index contributed by atoms with van der Waals surface area (Å²) in [6.07, 6.45) is 1.51. The van der Waals surface area contributed by atoms with Crippen LogP contribution in [0.25, 0.3) is 0 Å². The lowest BCUT2D eigenvalue weighted by atomic mass is 10.0. The van der Waals surface area contributed by atoms with Crippen molar-refractivity contribution >= 4 is 0 Å². The van der Waals surface area contributed by atoms with Gasteiger partial charge in [-0.25, -0.2) is 0 Å². The predicted octanol–water partition coefficient (Wildman–Crippen LogP) is 0.850. The van der Waals surface area contributed by atoms with E-state index in [-0.39, 0.29) is 17.8 Å². The highest BCUT2D eigenvalue weighted by Crippen LogP contribution is 2.16. The molecule has 1 aliphatic rings. The number of methoxy groups -OCH3 is 1. The first-order chi connectivity index (χ1) is 7.46. The Bertz CT molecular complexity index is 209. The Hall–Kier alpha value is -0.160. The van der Waals surface area contributed by atoms with E-state index in [1.807, 2.05) is 0 Å². The van der Waals surface area contributed by atoms with Gasteiger partial charge in [0.15, 0.2) is 0 Å². The summed E-state index contributed by atoms with van der Waals surface area (Å²) in [5.41, 5.74) is 5.62. The summed E-state index contributed by atoms with van der Waals surface area (Å²) >= 11 is 0. The minimum absolute atomic E-state index is 0.0419. The Kier molecular flexibility index (Phi) is 5.18. The molecule has 4 heteroatoms. The summed E-state index contributed by atoms with van der Waals surface area (Å²) < 4.78 is 11.2. The smallest absolute Gasteiger partial charge is 0.0828 e. The van der Waals surface area contributed by atoms with Gasteiger partial charge in [-0.2, -0.15) is 0 Å². The van der Waals surface area contributed by atoms with Crippen molar-refractivity contribution in [2.45, 2.75) is 45.0 Å². The zero-order chi connectivity index (χ0) is 12.2. The molecule has 0 saturated carbocycles. The second-order valence-corrected chi connectivity index (χ2v) is 5.28. The molecular formula is C12H26N2O2. The van der Waals surface area contributed by atoms with Gasteiger partial charge in [-0.1, -0.05) is 0 Å². The lowest BCUT2D eigenvalue weighted by Gasteiger charge is -2.37. The molecule has 1 fully saturated rings. The normalized spacial score (nSPS) is 28.3. The van der Waals surface area contributed by atoms with E-state index < -0.39 is 0 Å². The van der Waals surface area contributed by atoms with Crippen LogP contribution in [-0.2, 0) is 9.47 Å². The van der Waals surface area contributed by atoms with Crippen molar-refractivity contribution in [3.8, 4) is 0 Å². The molecule has 1 aliphatic heterocycles. The topological polar surface area (TPSA) is 47.7 Å². The molecule has 4 nitrogen and oxygen atoms in total. The maximum atomic E-state index is 5.73. The van der Waals surface area contributed by atoms with Crippen molar-refractivity contribution < 1.29 is 9.47 Å². The molecule has 0 aromatic heterocycles. The van der Waals surface area contributed by atoms with Crippen LogP contribution in [-0.4, -0.2) is 56.0 Å². The number of morpholine rings is 1. The highest BCUT2D eigenvalue weighted by atomic mass is 16.5. The van der Waals surface area contributed by atoms with E-state index in [0.29, 0.717) is 6.54 Å². The Balaban J connectivity index is 2.36. The first-order valence-electron chi connectivity index (χ1n) is 6.10. The summed E-state index contributed by atoms with van der Waals surface area (Å²) in [7, 11) is 1.77. The molecule has 1 rings (SSSR count). The van der Waals surface area contributed by atoms with Crippen LogP contribution in [0.4, 0.5) is 0 Å². The van der Waals surface area contributed by atoms with Gasteiger partial charge in [0.25, 0.3) is 0 Å². The van der Waals surface area contributed by atoms with Crippen LogP contribution < -0.4 is 5.73 Å². The van der Waals surface area contributed by atoms with E-state index in [2.05, 4.69) is 25.7 Å². The van der Waals surface area contributed by atoms with Gasteiger partial charge < -0.3 is 15.2 Å². The van der Waals surface area contributed by atoms with E-state index in [9.17, 15) is 0 Å². The van der Waals surface area contributed by atoms with Crippen molar-refractivity contribution in [1.29, 1.82) is 0 Å². The van der Waals surface area contributed by atoms with Crippen molar-refractivity contribution in [2.24, 2.45) is 5.73 Å². The number of nitrogens with zero attached hydrogens (tertiary/aromatic N) is 1. The Labute approximate surface area is 99.1 Å². The third-order valence-electron chi connectivity index (χ3n) is 3.25. The van der Waals surface area contributed by atoms with E-state index in [4.69, 9.17) is 15.2 Å². The van der Waals surface area contributed by atoms with E-state index in [1.165, 1.54) is 0 Å². The van der Waals surface area contributed by atoms with Gasteiger partial charge in [0.05, 0.1) is 17.8 Å². The number of nitrogens with two attached hydrogens (primary N) is 1. The lowest BCUT2D eigenvalue weighted by Crippen LogP contribution is -2.50. The summed E-state index contributed by atoms with van der Waals surface area (Å²) in [6, 6.07) is 0. The molecule has 1 saturated heterocycles. The second kappa shape index (κ2) is 5.96. The Morgan fingerprint density at radius 2 is 2.12 bits per heavy atom. The third kappa shape index (κ3) is 4.37. The molecule has 0 aromatic carbocycles. The van der Waals surface area contributed by atoms with Gasteiger partial charge in [0.1, 0.15) is 0 Å². The van der Waals surface area contributed by atoms with Crippen molar-refractivity contribution in [1.82, 2.24) is 4.90 Å². The first kappa shape index (κ1) is 13.9. The zero-order valence-electron chi connectivity index (χ0n) is 11.0. The third-order valence-corrected chi connectivity index (χ3v) is 3.25. The highest BCUT2D eigenvalue weighted by Gasteiger charge is 2.26. The molecule has 0 radical (unpaired) electrons. The molecule has 0 bridgehead atoms.